The van der Waals surface area contributed by atoms with Gasteiger partial charge in [-0.3, -0.25) is 0 Å². The largest absolute Gasteiger partial charge is 0.490 e. The predicted molar refractivity (Wildman–Crippen MR) is 182 cm³/mol. The smallest absolute Gasteiger partial charge is 0.149 e. The van der Waals surface area contributed by atoms with Crippen molar-refractivity contribution in [2.45, 2.75) is 89.8 Å². The molecule has 0 spiro atoms. The van der Waals surface area contributed by atoms with Crippen LogP contribution in [0.1, 0.15) is 90.2 Å². The van der Waals surface area contributed by atoms with E-state index in [1.807, 2.05) is 32.9 Å². The predicted octanol–water partition coefficient (Wildman–Crippen LogP) is 7.71. The van der Waals surface area contributed by atoms with E-state index in [9.17, 15) is 24.1 Å². The number of benzene rings is 2. The fourth-order valence-corrected chi connectivity index (χ4v) is 5.82. The molecule has 2 aliphatic rings. The van der Waals surface area contributed by atoms with Gasteiger partial charge in [0, 0.05) is 27.7 Å². The van der Waals surface area contributed by atoms with Crippen LogP contribution in [0.2, 0.25) is 0 Å². The van der Waals surface area contributed by atoms with E-state index in [-0.39, 0.29) is 23.7 Å². The fourth-order valence-electron chi connectivity index (χ4n) is 5.82. The fraction of sp³-hybridized carbons (Fsp3) is 0.436. The zero-order valence-corrected chi connectivity index (χ0v) is 28.8. The molecule has 256 valence electrons. The Kier molecular flexibility index (Phi) is 9.72. The highest BCUT2D eigenvalue weighted by Gasteiger charge is 2.41. The molecule has 0 saturated carbocycles. The number of pyridine rings is 2. The standard InChI is InChI=1S/C20H24FNO2.C19H22FNO3/c1-5-19(3)12-24-18-15(19)11-16(20(4,23)6-2)22-17(18)13-7-9-14(21)10-8-13;1-4-19(3,23)15-9-14-17(24-11-18(14,2)10-22)16(21-15)12-5-7-13(20)8-6-12/h7-11,23H,5-6,12H2,1-4H3;5-9,22-23H,4,10-11H2,1-3H3/t19-,20-;18-,19+/m00/s1. The molecule has 0 amide bonds. The lowest BCUT2D eigenvalue weighted by Crippen LogP contribution is -2.29. The van der Waals surface area contributed by atoms with Gasteiger partial charge >= 0.3 is 0 Å². The molecule has 0 fully saturated rings. The summed E-state index contributed by atoms with van der Waals surface area (Å²) in [6.45, 7) is 14.4. The quantitative estimate of drug-likeness (QED) is 0.178. The van der Waals surface area contributed by atoms with Crippen LogP contribution in [0, 0.1) is 11.6 Å². The first-order valence-electron chi connectivity index (χ1n) is 16.6. The first kappa shape index (κ1) is 35.4. The molecule has 4 aromatic rings. The summed E-state index contributed by atoms with van der Waals surface area (Å²) in [4.78, 5) is 9.30. The Bertz CT molecular complexity index is 1640. The molecule has 7 nitrogen and oxygen atoms in total. The third kappa shape index (κ3) is 6.56. The highest BCUT2D eigenvalue weighted by Crippen LogP contribution is 2.48. The molecule has 0 unspecified atom stereocenters. The van der Waals surface area contributed by atoms with Crippen LogP contribution in [0.3, 0.4) is 0 Å². The molecule has 9 heteroatoms. The van der Waals surface area contributed by atoms with Crippen LogP contribution in [0.15, 0.2) is 60.7 Å². The lowest BCUT2D eigenvalue weighted by atomic mass is 9.80. The average molecular weight is 661 g/mol. The van der Waals surface area contributed by atoms with Crippen molar-refractivity contribution in [3.05, 3.63) is 94.8 Å². The lowest BCUT2D eigenvalue weighted by Gasteiger charge is -2.25. The zero-order chi connectivity index (χ0) is 35.1. The third-order valence-electron chi connectivity index (χ3n) is 10.2. The van der Waals surface area contributed by atoms with Crippen molar-refractivity contribution < 1.29 is 33.6 Å². The summed E-state index contributed by atoms with van der Waals surface area (Å²) in [5.41, 5.74) is 3.03. The minimum atomic E-state index is -1.09. The molecule has 0 bridgehead atoms. The first-order valence-corrected chi connectivity index (χ1v) is 16.6. The van der Waals surface area contributed by atoms with Crippen molar-refractivity contribution in [2.24, 2.45) is 0 Å². The molecular weight excluding hydrogens is 614 g/mol. The highest BCUT2D eigenvalue weighted by molar-refractivity contribution is 5.72. The summed E-state index contributed by atoms with van der Waals surface area (Å²) in [5.74, 6) is 0.732. The van der Waals surface area contributed by atoms with Gasteiger partial charge < -0.3 is 24.8 Å². The molecular formula is C39H46F2N2O5. The molecule has 0 radical (unpaired) electrons. The van der Waals surface area contributed by atoms with E-state index in [1.165, 1.54) is 24.3 Å². The van der Waals surface area contributed by atoms with Crippen molar-refractivity contribution in [3.63, 3.8) is 0 Å². The first-order chi connectivity index (χ1) is 22.6. The van der Waals surface area contributed by atoms with Gasteiger partial charge in [0.2, 0.25) is 0 Å². The van der Waals surface area contributed by atoms with E-state index in [2.05, 4.69) is 23.8 Å². The van der Waals surface area contributed by atoms with Crippen LogP contribution < -0.4 is 9.47 Å². The Hall–Kier alpha value is -3.92. The number of hydrogen-bond donors (Lipinski definition) is 3. The van der Waals surface area contributed by atoms with Gasteiger partial charge in [-0.2, -0.15) is 0 Å². The summed E-state index contributed by atoms with van der Waals surface area (Å²) in [7, 11) is 0. The highest BCUT2D eigenvalue weighted by atomic mass is 19.1. The molecule has 2 aromatic heterocycles. The third-order valence-corrected chi connectivity index (χ3v) is 10.2. The van der Waals surface area contributed by atoms with E-state index in [1.54, 1.807) is 38.1 Å². The summed E-state index contributed by atoms with van der Waals surface area (Å²) in [6, 6.07) is 16.0. The maximum atomic E-state index is 13.3. The number of hydrogen-bond acceptors (Lipinski definition) is 7. The number of halogens is 2. The number of aliphatic hydroxyl groups is 3. The molecule has 4 atom stereocenters. The Morgan fingerprint density at radius 1 is 0.688 bits per heavy atom. The van der Waals surface area contributed by atoms with Gasteiger partial charge in [0.05, 0.1) is 30.0 Å². The van der Waals surface area contributed by atoms with E-state index >= 15 is 0 Å². The van der Waals surface area contributed by atoms with E-state index in [0.717, 1.165) is 28.9 Å². The number of ether oxygens (including phenoxy) is 2. The zero-order valence-electron chi connectivity index (χ0n) is 28.8. The van der Waals surface area contributed by atoms with Gasteiger partial charge in [-0.25, -0.2) is 18.7 Å². The Labute approximate surface area is 281 Å². The second-order valence-corrected chi connectivity index (χ2v) is 13.9. The summed E-state index contributed by atoms with van der Waals surface area (Å²) in [5, 5.41) is 31.2. The van der Waals surface area contributed by atoms with Crippen molar-refractivity contribution >= 4 is 0 Å². The summed E-state index contributed by atoms with van der Waals surface area (Å²) < 4.78 is 38.3. The number of fused-ring (bicyclic) bond motifs is 2. The normalized spacial score (nSPS) is 21.9. The van der Waals surface area contributed by atoms with Crippen molar-refractivity contribution in [1.82, 2.24) is 9.97 Å². The monoisotopic (exact) mass is 660 g/mol. The Morgan fingerprint density at radius 3 is 1.42 bits per heavy atom. The van der Waals surface area contributed by atoms with Crippen molar-refractivity contribution in [3.8, 4) is 34.0 Å². The van der Waals surface area contributed by atoms with Crippen LogP contribution in [-0.2, 0) is 22.0 Å². The lowest BCUT2D eigenvalue weighted by molar-refractivity contribution is 0.0481. The van der Waals surface area contributed by atoms with Crippen molar-refractivity contribution in [2.75, 3.05) is 19.8 Å². The van der Waals surface area contributed by atoms with Gasteiger partial charge in [-0.1, -0.05) is 27.7 Å². The van der Waals surface area contributed by atoms with Gasteiger partial charge in [0.15, 0.2) is 0 Å². The average Bonchev–Trinajstić information content (AvgIpc) is 3.62. The van der Waals surface area contributed by atoms with E-state index < -0.39 is 16.6 Å². The van der Waals surface area contributed by atoms with Crippen LogP contribution in [-0.4, -0.2) is 45.1 Å². The second kappa shape index (κ2) is 13.2. The molecule has 4 heterocycles. The maximum Gasteiger partial charge on any atom is 0.149 e. The van der Waals surface area contributed by atoms with E-state index in [4.69, 9.17) is 9.47 Å². The van der Waals surface area contributed by atoms with Crippen LogP contribution in [0.5, 0.6) is 11.5 Å². The molecule has 2 aromatic carbocycles. The number of aromatic nitrogens is 2. The minimum absolute atomic E-state index is 0.0689. The van der Waals surface area contributed by atoms with Crippen LogP contribution >= 0.6 is 0 Å². The van der Waals surface area contributed by atoms with Crippen LogP contribution in [0.4, 0.5) is 8.78 Å². The maximum absolute atomic E-state index is 13.3. The SMILES string of the molecule is CC[C@@](C)(O)c1cc2c(c(-c3ccc(F)cc3)n1)OC[C@]2(C)CO.CC[C@@]1(C)COc2c1cc([C@@](C)(O)CC)nc2-c1ccc(F)cc1. The van der Waals surface area contributed by atoms with Gasteiger partial charge in [-0.15, -0.1) is 0 Å². The molecule has 2 aliphatic heterocycles. The van der Waals surface area contributed by atoms with E-state index in [0.29, 0.717) is 60.1 Å². The Balaban J connectivity index is 0.000000188. The van der Waals surface area contributed by atoms with Gasteiger partial charge in [0.1, 0.15) is 52.3 Å². The summed E-state index contributed by atoms with van der Waals surface area (Å²) >= 11 is 0. The Morgan fingerprint density at radius 2 is 1.06 bits per heavy atom. The molecule has 0 saturated heterocycles. The summed E-state index contributed by atoms with van der Waals surface area (Å²) in [6.07, 6.45) is 1.99. The van der Waals surface area contributed by atoms with Gasteiger partial charge in [-0.05, 0) is 101 Å². The second-order valence-electron chi connectivity index (χ2n) is 13.9. The molecule has 48 heavy (non-hydrogen) atoms. The van der Waals surface area contributed by atoms with Crippen LogP contribution in [0.25, 0.3) is 22.5 Å². The molecule has 0 aliphatic carbocycles. The number of nitrogens with zero attached hydrogens (tertiary/aromatic N) is 2. The molecule has 3 N–H and O–H groups in total. The number of aliphatic hydroxyl groups excluding tert-OH is 1. The molecule has 6 rings (SSSR count). The minimum Gasteiger partial charge on any atom is -0.490 e. The van der Waals surface area contributed by atoms with Crippen molar-refractivity contribution in [1.29, 1.82) is 0 Å². The number of rotatable bonds is 8. The topological polar surface area (TPSA) is 105 Å². The van der Waals surface area contributed by atoms with Gasteiger partial charge in [0.25, 0.3) is 0 Å².